The maximum atomic E-state index is 13.2. The van der Waals surface area contributed by atoms with E-state index < -0.39 is 32.3 Å². The van der Waals surface area contributed by atoms with Gasteiger partial charge in [0.25, 0.3) is 0 Å². The molecule has 2 aliphatic rings. The van der Waals surface area contributed by atoms with Gasteiger partial charge in [-0.15, -0.1) is 0 Å². The van der Waals surface area contributed by atoms with Crippen LogP contribution in [0.1, 0.15) is 18.5 Å². The number of sulfonamides is 1. The van der Waals surface area contributed by atoms with Crippen molar-refractivity contribution in [2.75, 3.05) is 39.9 Å². The number of likely N-dealkylation sites (N-methyl/N-ethyl adjacent to an activating group) is 1. The summed E-state index contributed by atoms with van der Waals surface area (Å²) in [5.41, 5.74) is -1.76. The molecule has 0 bridgehead atoms. The molecule has 3 rings (SSSR count). The molecule has 3 heterocycles. The van der Waals surface area contributed by atoms with Crippen molar-refractivity contribution in [1.82, 2.24) is 14.2 Å². The molecule has 0 aromatic carbocycles. The second-order valence-electron chi connectivity index (χ2n) is 6.44. The fourth-order valence-corrected chi connectivity index (χ4v) is 5.15. The Morgan fingerprint density at radius 2 is 1.92 bits per heavy atom. The van der Waals surface area contributed by atoms with Gasteiger partial charge in [0.2, 0.25) is 10.0 Å². The zero-order valence-electron chi connectivity index (χ0n) is 13.8. The van der Waals surface area contributed by atoms with Crippen molar-refractivity contribution in [2.24, 2.45) is 0 Å². The summed E-state index contributed by atoms with van der Waals surface area (Å²) in [4.78, 5) is 4.58. The fraction of sp³-hybridized carbons (Fsp3) is 0.667. The average molecular weight is 379 g/mol. The summed E-state index contributed by atoms with van der Waals surface area (Å²) in [6, 6.07) is 2.18. The van der Waals surface area contributed by atoms with Crippen LogP contribution in [-0.2, 0) is 20.9 Å². The van der Waals surface area contributed by atoms with Crippen molar-refractivity contribution in [2.45, 2.75) is 29.5 Å². The Morgan fingerprint density at radius 3 is 2.56 bits per heavy atom. The lowest BCUT2D eigenvalue weighted by atomic mass is 9.87. The summed E-state index contributed by atoms with van der Waals surface area (Å²) in [7, 11) is -2.37. The molecule has 2 aliphatic heterocycles. The first-order valence-electron chi connectivity index (χ1n) is 7.98. The molecule has 0 aliphatic carbocycles. The highest BCUT2D eigenvalue weighted by atomic mass is 32.2. The second kappa shape index (κ2) is 6.49. The average Bonchev–Trinajstić information content (AvgIpc) is 2.57. The molecule has 0 amide bonds. The molecule has 1 spiro atoms. The predicted octanol–water partition coefficient (Wildman–Crippen LogP) is 1.59. The molecule has 6 nitrogen and oxygen atoms in total. The van der Waals surface area contributed by atoms with Crippen molar-refractivity contribution in [3.63, 3.8) is 0 Å². The van der Waals surface area contributed by atoms with E-state index in [2.05, 4.69) is 9.88 Å². The Morgan fingerprint density at radius 1 is 1.24 bits per heavy atom. The Labute approximate surface area is 144 Å². The largest absolute Gasteiger partial charge is 0.434 e. The standard InChI is InChI=1S/C15H20F3N3O3S/c1-20-7-8-21(11-14(20)4-9-24-10-5-14)25(22,23)12-3-2-6-19-13(12)15(16,17)18/h2-3,6H,4-5,7-11H2,1H3. The third kappa shape index (κ3) is 3.40. The molecule has 2 fully saturated rings. The summed E-state index contributed by atoms with van der Waals surface area (Å²) in [5.74, 6) is 0. The smallest absolute Gasteiger partial charge is 0.381 e. The monoisotopic (exact) mass is 379 g/mol. The highest BCUT2D eigenvalue weighted by Gasteiger charge is 2.46. The van der Waals surface area contributed by atoms with Gasteiger partial charge in [0.1, 0.15) is 4.90 Å². The van der Waals surface area contributed by atoms with Crippen LogP contribution in [0.15, 0.2) is 23.2 Å². The van der Waals surface area contributed by atoms with Gasteiger partial charge < -0.3 is 4.74 Å². The van der Waals surface area contributed by atoms with E-state index in [1.165, 1.54) is 6.07 Å². The van der Waals surface area contributed by atoms with Gasteiger partial charge in [0.15, 0.2) is 5.69 Å². The first-order chi connectivity index (χ1) is 11.7. The zero-order chi connectivity index (χ0) is 18.3. The van der Waals surface area contributed by atoms with Gasteiger partial charge in [-0.25, -0.2) is 8.42 Å². The van der Waals surface area contributed by atoms with Crippen LogP contribution >= 0.6 is 0 Å². The van der Waals surface area contributed by atoms with Crippen LogP contribution in [0, 0.1) is 0 Å². The van der Waals surface area contributed by atoms with Crippen molar-refractivity contribution in [1.29, 1.82) is 0 Å². The van der Waals surface area contributed by atoms with E-state index in [0.717, 1.165) is 16.6 Å². The number of hydrogen-bond donors (Lipinski definition) is 0. The van der Waals surface area contributed by atoms with Crippen LogP contribution in [0.4, 0.5) is 13.2 Å². The maximum Gasteiger partial charge on any atom is 0.434 e. The number of pyridine rings is 1. The Hall–Kier alpha value is -1.23. The molecule has 2 saturated heterocycles. The van der Waals surface area contributed by atoms with Crippen LogP contribution in [0.3, 0.4) is 0 Å². The quantitative estimate of drug-likeness (QED) is 0.781. The molecule has 1 aromatic heterocycles. The lowest BCUT2D eigenvalue weighted by molar-refractivity contribution is -0.143. The number of hydrogen-bond acceptors (Lipinski definition) is 5. The third-order valence-corrected chi connectivity index (χ3v) is 6.92. The van der Waals surface area contributed by atoms with Gasteiger partial charge in [-0.2, -0.15) is 17.5 Å². The summed E-state index contributed by atoms with van der Waals surface area (Å²) in [5, 5.41) is 0. The lowest BCUT2D eigenvalue weighted by Crippen LogP contribution is -2.63. The van der Waals surface area contributed by atoms with Crippen molar-refractivity contribution < 1.29 is 26.3 Å². The Balaban J connectivity index is 1.96. The summed E-state index contributed by atoms with van der Waals surface area (Å²) in [6.07, 6.45) is -2.58. The van der Waals surface area contributed by atoms with Crippen LogP contribution < -0.4 is 0 Å². The number of rotatable bonds is 2. The van der Waals surface area contributed by atoms with Gasteiger partial charge in [-0.1, -0.05) is 0 Å². The first-order valence-corrected chi connectivity index (χ1v) is 9.42. The normalized spacial score (nSPS) is 23.0. The lowest BCUT2D eigenvalue weighted by Gasteiger charge is -2.50. The first kappa shape index (κ1) is 18.6. The van der Waals surface area contributed by atoms with E-state index >= 15 is 0 Å². The number of ether oxygens (including phenoxy) is 1. The summed E-state index contributed by atoms with van der Waals surface area (Å²) >= 11 is 0. The summed E-state index contributed by atoms with van der Waals surface area (Å²) in [6.45, 7) is 1.79. The van der Waals surface area contributed by atoms with Gasteiger partial charge in [-0.3, -0.25) is 9.88 Å². The van der Waals surface area contributed by atoms with Crippen molar-refractivity contribution >= 4 is 10.0 Å². The summed E-state index contributed by atoms with van der Waals surface area (Å²) < 4.78 is 71.9. The van der Waals surface area contributed by atoms with E-state index in [4.69, 9.17) is 4.74 Å². The van der Waals surface area contributed by atoms with Crippen LogP contribution in [0.25, 0.3) is 0 Å². The molecule has 0 N–H and O–H groups in total. The molecule has 0 radical (unpaired) electrons. The minimum atomic E-state index is -4.83. The van der Waals surface area contributed by atoms with Gasteiger partial charge in [-0.05, 0) is 32.0 Å². The topological polar surface area (TPSA) is 62.7 Å². The van der Waals surface area contributed by atoms with Crippen molar-refractivity contribution in [3.8, 4) is 0 Å². The molecule has 0 saturated carbocycles. The minimum absolute atomic E-state index is 0.146. The molecular formula is C15H20F3N3O3S. The maximum absolute atomic E-state index is 13.2. The SMILES string of the molecule is CN1CCN(S(=O)(=O)c2cccnc2C(F)(F)F)CC12CCOCC2. The van der Waals surface area contributed by atoms with E-state index in [0.29, 0.717) is 32.6 Å². The Bertz CT molecular complexity index is 733. The number of aromatic nitrogens is 1. The number of piperazine rings is 1. The third-order valence-electron chi connectivity index (χ3n) is 5.05. The number of nitrogens with zero attached hydrogens (tertiary/aromatic N) is 3. The van der Waals surface area contributed by atoms with E-state index in [1.54, 1.807) is 0 Å². The van der Waals surface area contributed by atoms with E-state index in [1.807, 2.05) is 7.05 Å². The predicted molar refractivity (Wildman–Crippen MR) is 83.4 cm³/mol. The van der Waals surface area contributed by atoms with Gasteiger partial charge in [0, 0.05) is 44.6 Å². The molecule has 10 heteroatoms. The molecule has 0 atom stereocenters. The molecule has 140 valence electrons. The van der Waals surface area contributed by atoms with Crippen molar-refractivity contribution in [3.05, 3.63) is 24.0 Å². The Kier molecular flexibility index (Phi) is 4.82. The zero-order valence-corrected chi connectivity index (χ0v) is 14.6. The van der Waals surface area contributed by atoms with Crippen LogP contribution in [0.2, 0.25) is 0 Å². The number of halogens is 3. The minimum Gasteiger partial charge on any atom is -0.381 e. The van der Waals surface area contributed by atoms with E-state index in [-0.39, 0.29) is 13.1 Å². The van der Waals surface area contributed by atoms with Gasteiger partial charge >= 0.3 is 6.18 Å². The van der Waals surface area contributed by atoms with Gasteiger partial charge in [0.05, 0.1) is 0 Å². The second-order valence-corrected chi connectivity index (χ2v) is 8.35. The number of alkyl halides is 3. The molecule has 0 unspecified atom stereocenters. The highest BCUT2D eigenvalue weighted by Crippen LogP contribution is 2.36. The van der Waals surface area contributed by atoms with Crippen LogP contribution in [-0.4, -0.2) is 68.0 Å². The molecule has 1 aromatic rings. The molecule has 25 heavy (non-hydrogen) atoms. The fourth-order valence-electron chi connectivity index (χ4n) is 3.47. The highest BCUT2D eigenvalue weighted by molar-refractivity contribution is 7.89. The molecular weight excluding hydrogens is 359 g/mol. The van der Waals surface area contributed by atoms with E-state index in [9.17, 15) is 21.6 Å². The van der Waals surface area contributed by atoms with Crippen LogP contribution in [0.5, 0.6) is 0 Å².